The van der Waals surface area contributed by atoms with E-state index in [1.54, 1.807) is 0 Å². The van der Waals surface area contributed by atoms with Gasteiger partial charge in [-0.25, -0.2) is 4.98 Å². The van der Waals surface area contributed by atoms with Gasteiger partial charge in [0.2, 0.25) is 5.91 Å². The van der Waals surface area contributed by atoms with E-state index < -0.39 is 0 Å². The fourth-order valence-corrected chi connectivity index (χ4v) is 1.69. The van der Waals surface area contributed by atoms with E-state index in [0.29, 0.717) is 0 Å². The maximum atomic E-state index is 12.0. The van der Waals surface area contributed by atoms with Gasteiger partial charge < -0.3 is 10.6 Å². The highest BCUT2D eigenvalue weighted by atomic mass is 16.2. The molecule has 1 aromatic rings. The largest absolute Gasteiger partial charge is 0.359 e. The number of nitrogens with one attached hydrogen (secondary N) is 2. The molecule has 1 amide bonds. The second kappa shape index (κ2) is 5.81. The Hall–Kier alpha value is -1.58. The average Bonchev–Trinajstić information content (AvgIpc) is 2.26. The zero-order chi connectivity index (χ0) is 15.6. The Kier molecular flexibility index (Phi) is 4.79. The zero-order valence-corrected chi connectivity index (χ0v) is 13.7. The Morgan fingerprint density at radius 3 is 2.15 bits per heavy atom. The molecule has 112 valence electrons. The first kappa shape index (κ1) is 16.5. The van der Waals surface area contributed by atoms with Crippen LogP contribution in [0.1, 0.15) is 54.0 Å². The monoisotopic (exact) mass is 277 g/mol. The van der Waals surface area contributed by atoms with Crippen molar-refractivity contribution < 1.29 is 4.79 Å². The van der Waals surface area contributed by atoms with Gasteiger partial charge in [-0.2, -0.15) is 0 Å². The van der Waals surface area contributed by atoms with Crippen molar-refractivity contribution in [1.29, 1.82) is 0 Å². The lowest BCUT2D eigenvalue weighted by Gasteiger charge is -2.24. The second-order valence-corrected chi connectivity index (χ2v) is 7.29. The van der Waals surface area contributed by atoms with Crippen LogP contribution < -0.4 is 10.6 Å². The summed E-state index contributed by atoms with van der Waals surface area (Å²) in [5.41, 5.74) is 1.03. The molecule has 0 aliphatic heterocycles. The van der Waals surface area contributed by atoms with Crippen molar-refractivity contribution in [3.63, 3.8) is 0 Å². The molecule has 20 heavy (non-hydrogen) atoms. The molecule has 0 aromatic carbocycles. The fraction of sp³-hybridized carbons (Fsp3) is 0.625. The molecule has 0 aliphatic rings. The van der Waals surface area contributed by atoms with Gasteiger partial charge in [0.15, 0.2) is 0 Å². The van der Waals surface area contributed by atoms with Gasteiger partial charge in [-0.3, -0.25) is 4.79 Å². The molecule has 0 fully saturated rings. The van der Waals surface area contributed by atoms with Crippen LogP contribution in [-0.2, 0) is 10.2 Å². The molecule has 1 heterocycles. The summed E-state index contributed by atoms with van der Waals surface area (Å²) in [6.45, 7) is 14.2. The lowest BCUT2D eigenvalue weighted by atomic mass is 9.88. The van der Waals surface area contributed by atoms with Crippen molar-refractivity contribution in [1.82, 2.24) is 10.3 Å². The maximum absolute atomic E-state index is 12.0. The summed E-state index contributed by atoms with van der Waals surface area (Å²) >= 11 is 0. The standard InChI is InChI=1S/C16H27N3O/c1-11(14(20)19-16(5,6)7)18-13-9-8-12(10-17-13)15(2,3)4/h8-11H,1-7H3,(H,17,18)(H,19,20). The summed E-state index contributed by atoms with van der Waals surface area (Å²) in [7, 11) is 0. The van der Waals surface area contributed by atoms with Crippen LogP contribution >= 0.6 is 0 Å². The van der Waals surface area contributed by atoms with Crippen LogP contribution in [0.2, 0.25) is 0 Å². The maximum Gasteiger partial charge on any atom is 0.242 e. The van der Waals surface area contributed by atoms with Crippen LogP contribution in [0.3, 0.4) is 0 Å². The lowest BCUT2D eigenvalue weighted by molar-refractivity contribution is -0.122. The first-order valence-corrected chi connectivity index (χ1v) is 7.04. The van der Waals surface area contributed by atoms with Crippen molar-refractivity contribution in [3.05, 3.63) is 23.9 Å². The molecule has 1 aromatic heterocycles. The van der Waals surface area contributed by atoms with E-state index in [-0.39, 0.29) is 22.9 Å². The molecule has 0 saturated carbocycles. The molecule has 0 bridgehead atoms. The smallest absolute Gasteiger partial charge is 0.242 e. The third kappa shape index (κ3) is 5.19. The van der Waals surface area contributed by atoms with Crippen LogP contribution in [0.15, 0.2) is 18.3 Å². The van der Waals surface area contributed by atoms with Crippen molar-refractivity contribution in [2.45, 2.75) is 65.5 Å². The minimum Gasteiger partial charge on any atom is -0.359 e. The molecular formula is C16H27N3O. The third-order valence-electron chi connectivity index (χ3n) is 2.89. The van der Waals surface area contributed by atoms with Crippen molar-refractivity contribution >= 4 is 11.7 Å². The summed E-state index contributed by atoms with van der Waals surface area (Å²) in [6, 6.07) is 3.65. The van der Waals surface area contributed by atoms with E-state index >= 15 is 0 Å². The Morgan fingerprint density at radius 1 is 1.15 bits per heavy atom. The highest BCUT2D eigenvalue weighted by Crippen LogP contribution is 2.22. The van der Waals surface area contributed by atoms with Crippen LogP contribution in [0.5, 0.6) is 0 Å². The molecule has 0 spiro atoms. The zero-order valence-electron chi connectivity index (χ0n) is 13.7. The molecule has 0 saturated heterocycles. The molecule has 0 radical (unpaired) electrons. The number of hydrogen-bond donors (Lipinski definition) is 2. The Balaban J connectivity index is 2.67. The Morgan fingerprint density at radius 2 is 1.75 bits per heavy atom. The number of anilines is 1. The normalized spacial score (nSPS) is 13.8. The van der Waals surface area contributed by atoms with E-state index in [1.807, 2.05) is 46.0 Å². The Labute approximate surface area is 122 Å². The lowest BCUT2D eigenvalue weighted by Crippen LogP contribution is -2.47. The number of nitrogens with zero attached hydrogens (tertiary/aromatic N) is 1. The van der Waals surface area contributed by atoms with Crippen LogP contribution in [0.4, 0.5) is 5.82 Å². The van der Waals surface area contributed by atoms with Crippen molar-refractivity contribution in [2.75, 3.05) is 5.32 Å². The van der Waals surface area contributed by atoms with Crippen molar-refractivity contribution in [2.24, 2.45) is 0 Å². The summed E-state index contributed by atoms with van der Waals surface area (Å²) in [4.78, 5) is 16.4. The third-order valence-corrected chi connectivity index (χ3v) is 2.89. The molecule has 4 nitrogen and oxygen atoms in total. The molecule has 2 N–H and O–H groups in total. The number of amides is 1. The highest BCUT2D eigenvalue weighted by molar-refractivity contribution is 5.84. The van der Waals surface area contributed by atoms with E-state index in [1.165, 1.54) is 5.56 Å². The van der Waals surface area contributed by atoms with Gasteiger partial charge in [0, 0.05) is 11.7 Å². The topological polar surface area (TPSA) is 54.0 Å². The predicted octanol–water partition coefficient (Wildman–Crippen LogP) is 3.09. The van der Waals surface area contributed by atoms with Crippen LogP contribution in [0.25, 0.3) is 0 Å². The summed E-state index contributed by atoms with van der Waals surface area (Å²) in [5, 5.41) is 6.07. The minimum absolute atomic E-state index is 0.0285. The molecular weight excluding hydrogens is 250 g/mol. The van der Waals surface area contributed by atoms with Gasteiger partial charge in [0.1, 0.15) is 11.9 Å². The number of hydrogen-bond acceptors (Lipinski definition) is 3. The van der Waals surface area contributed by atoms with E-state index in [4.69, 9.17) is 0 Å². The van der Waals surface area contributed by atoms with E-state index in [0.717, 1.165) is 5.82 Å². The van der Waals surface area contributed by atoms with Gasteiger partial charge in [-0.15, -0.1) is 0 Å². The van der Waals surface area contributed by atoms with Gasteiger partial charge in [-0.1, -0.05) is 26.8 Å². The molecule has 1 atom stereocenters. The SMILES string of the molecule is CC(Nc1ccc(C(C)(C)C)cn1)C(=O)NC(C)(C)C. The second-order valence-electron chi connectivity index (χ2n) is 7.29. The summed E-state index contributed by atoms with van der Waals surface area (Å²) in [5.74, 6) is 0.689. The van der Waals surface area contributed by atoms with Gasteiger partial charge in [-0.05, 0) is 44.7 Å². The summed E-state index contributed by atoms with van der Waals surface area (Å²) in [6.07, 6.45) is 1.86. The van der Waals surface area contributed by atoms with E-state index in [2.05, 4.69) is 36.4 Å². The molecule has 1 rings (SSSR count). The van der Waals surface area contributed by atoms with Gasteiger partial charge in [0.05, 0.1) is 0 Å². The number of carbonyl (C=O) groups is 1. The minimum atomic E-state index is -0.317. The quantitative estimate of drug-likeness (QED) is 0.892. The van der Waals surface area contributed by atoms with Gasteiger partial charge in [0.25, 0.3) is 0 Å². The average molecular weight is 277 g/mol. The molecule has 0 aliphatic carbocycles. The van der Waals surface area contributed by atoms with Crippen LogP contribution in [0, 0.1) is 0 Å². The fourth-order valence-electron chi connectivity index (χ4n) is 1.69. The number of rotatable bonds is 3. The number of carbonyl (C=O) groups excluding carboxylic acids is 1. The first-order valence-electron chi connectivity index (χ1n) is 7.04. The Bertz CT molecular complexity index is 452. The summed E-state index contributed by atoms with van der Waals surface area (Å²) < 4.78 is 0. The molecule has 4 heteroatoms. The molecule has 1 unspecified atom stereocenters. The number of pyridine rings is 1. The predicted molar refractivity (Wildman–Crippen MR) is 83.9 cm³/mol. The van der Waals surface area contributed by atoms with Gasteiger partial charge >= 0.3 is 0 Å². The highest BCUT2D eigenvalue weighted by Gasteiger charge is 2.19. The first-order chi connectivity index (χ1) is 8.99. The van der Waals surface area contributed by atoms with Crippen molar-refractivity contribution in [3.8, 4) is 0 Å². The number of aromatic nitrogens is 1. The van der Waals surface area contributed by atoms with Crippen LogP contribution in [-0.4, -0.2) is 22.5 Å². The van der Waals surface area contributed by atoms with E-state index in [9.17, 15) is 4.79 Å².